The molecule has 0 spiro atoms. The van der Waals surface area contributed by atoms with E-state index < -0.39 is 23.6 Å². The number of imide groups is 2. The molecule has 2 aromatic carbocycles. The standard InChI is InChI=1S/C22H16N2O4/c1-13-3-6-15(7-4-13)16-8-5-14(2)21(23-17(25)9-10-18(23)26)22(16)24-19(27)11-12-20(24)28/h3-12H,1-2H3. The summed E-state index contributed by atoms with van der Waals surface area (Å²) in [6.45, 7) is 3.69. The SMILES string of the molecule is Cc1ccc(-c2ccc(C)c(N3C(=O)C=CC3=O)c2N2C(=O)C=CC2=O)cc1. The van der Waals surface area contributed by atoms with Crippen molar-refractivity contribution in [3.63, 3.8) is 0 Å². The monoisotopic (exact) mass is 372 g/mol. The van der Waals surface area contributed by atoms with Crippen LogP contribution in [0.5, 0.6) is 0 Å². The molecule has 0 aromatic heterocycles. The minimum atomic E-state index is -0.516. The van der Waals surface area contributed by atoms with Crippen molar-refractivity contribution in [2.75, 3.05) is 9.80 Å². The Morgan fingerprint density at radius 3 is 1.54 bits per heavy atom. The molecule has 0 fully saturated rings. The molecular formula is C22H16N2O4. The Morgan fingerprint density at radius 1 is 0.571 bits per heavy atom. The first-order chi connectivity index (χ1) is 13.4. The van der Waals surface area contributed by atoms with Gasteiger partial charge in [0.15, 0.2) is 0 Å². The second-order valence-corrected chi connectivity index (χ2v) is 6.68. The molecule has 0 saturated carbocycles. The molecule has 0 atom stereocenters. The molecule has 2 aliphatic heterocycles. The minimum Gasteiger partial charge on any atom is -0.269 e. The Kier molecular flexibility index (Phi) is 4.04. The van der Waals surface area contributed by atoms with Crippen LogP contribution in [0.15, 0.2) is 60.7 Å². The molecule has 0 saturated heterocycles. The molecule has 0 bridgehead atoms. The molecule has 0 aliphatic carbocycles. The molecule has 6 nitrogen and oxygen atoms in total. The van der Waals surface area contributed by atoms with Crippen LogP contribution in [-0.2, 0) is 19.2 Å². The van der Waals surface area contributed by atoms with E-state index in [1.54, 1.807) is 19.1 Å². The number of carbonyl (C=O) groups excluding carboxylic acids is 4. The normalized spacial score (nSPS) is 16.1. The van der Waals surface area contributed by atoms with Crippen molar-refractivity contribution in [2.24, 2.45) is 0 Å². The van der Waals surface area contributed by atoms with E-state index in [0.29, 0.717) is 11.1 Å². The Hall–Kier alpha value is -3.80. The van der Waals surface area contributed by atoms with Gasteiger partial charge in [-0.05, 0) is 25.0 Å². The van der Waals surface area contributed by atoms with Crippen LogP contribution in [0.3, 0.4) is 0 Å². The largest absolute Gasteiger partial charge is 0.269 e. The minimum absolute atomic E-state index is 0.231. The van der Waals surface area contributed by atoms with E-state index in [4.69, 9.17) is 0 Å². The fourth-order valence-corrected chi connectivity index (χ4v) is 3.40. The molecule has 2 heterocycles. The summed E-state index contributed by atoms with van der Waals surface area (Å²) in [5.41, 5.74) is 3.48. The lowest BCUT2D eigenvalue weighted by Crippen LogP contribution is -2.36. The number of hydrogen-bond donors (Lipinski definition) is 0. The number of amides is 4. The highest BCUT2D eigenvalue weighted by Crippen LogP contribution is 2.43. The van der Waals surface area contributed by atoms with Crippen molar-refractivity contribution >= 4 is 35.0 Å². The zero-order valence-electron chi connectivity index (χ0n) is 15.3. The fourth-order valence-electron chi connectivity index (χ4n) is 3.40. The number of benzene rings is 2. The number of nitrogens with zero attached hydrogens (tertiary/aromatic N) is 2. The van der Waals surface area contributed by atoms with E-state index in [2.05, 4.69) is 0 Å². The summed E-state index contributed by atoms with van der Waals surface area (Å²) in [7, 11) is 0. The summed E-state index contributed by atoms with van der Waals surface area (Å²) < 4.78 is 0. The van der Waals surface area contributed by atoms with Gasteiger partial charge in [0.1, 0.15) is 0 Å². The van der Waals surface area contributed by atoms with Gasteiger partial charge in [0.2, 0.25) is 0 Å². The number of rotatable bonds is 3. The Bertz CT molecular complexity index is 1070. The van der Waals surface area contributed by atoms with Gasteiger partial charge in [-0.1, -0.05) is 42.0 Å². The number of anilines is 2. The molecule has 4 amide bonds. The smallest absolute Gasteiger partial charge is 0.258 e. The van der Waals surface area contributed by atoms with Gasteiger partial charge in [-0.15, -0.1) is 0 Å². The second-order valence-electron chi connectivity index (χ2n) is 6.68. The third-order valence-corrected chi connectivity index (χ3v) is 4.78. The van der Waals surface area contributed by atoms with Crippen molar-refractivity contribution in [3.05, 3.63) is 71.8 Å². The summed E-state index contributed by atoms with van der Waals surface area (Å²) in [6.07, 6.45) is 4.71. The Labute approximate surface area is 161 Å². The van der Waals surface area contributed by atoms with Crippen molar-refractivity contribution in [1.82, 2.24) is 0 Å². The van der Waals surface area contributed by atoms with Crippen molar-refractivity contribution in [2.45, 2.75) is 13.8 Å². The van der Waals surface area contributed by atoms with Crippen LogP contribution in [0.2, 0.25) is 0 Å². The first-order valence-corrected chi connectivity index (χ1v) is 8.71. The molecule has 0 unspecified atom stereocenters. The third kappa shape index (κ3) is 2.66. The van der Waals surface area contributed by atoms with Crippen LogP contribution < -0.4 is 9.80 Å². The number of carbonyl (C=O) groups is 4. The quantitative estimate of drug-likeness (QED) is 0.777. The van der Waals surface area contributed by atoms with Gasteiger partial charge in [0, 0.05) is 29.9 Å². The summed E-state index contributed by atoms with van der Waals surface area (Å²) in [5.74, 6) is -2.06. The lowest BCUT2D eigenvalue weighted by Gasteiger charge is -2.27. The van der Waals surface area contributed by atoms with Gasteiger partial charge < -0.3 is 0 Å². The molecule has 2 aliphatic rings. The van der Waals surface area contributed by atoms with Gasteiger partial charge in [-0.3, -0.25) is 19.2 Å². The predicted octanol–water partition coefficient (Wildman–Crippen LogP) is 2.83. The third-order valence-electron chi connectivity index (χ3n) is 4.78. The maximum Gasteiger partial charge on any atom is 0.258 e. The fraction of sp³-hybridized carbons (Fsp3) is 0.0909. The summed E-state index contributed by atoms with van der Waals surface area (Å²) in [4.78, 5) is 51.7. The van der Waals surface area contributed by atoms with E-state index in [9.17, 15) is 19.2 Å². The van der Waals surface area contributed by atoms with Gasteiger partial charge in [0.25, 0.3) is 23.6 Å². The molecule has 4 rings (SSSR count). The second kappa shape index (κ2) is 6.42. The molecule has 0 radical (unpaired) electrons. The maximum absolute atomic E-state index is 12.5. The van der Waals surface area contributed by atoms with Crippen LogP contribution in [-0.4, -0.2) is 23.6 Å². The Morgan fingerprint density at radius 2 is 1.04 bits per heavy atom. The lowest BCUT2D eigenvalue weighted by atomic mass is 9.97. The van der Waals surface area contributed by atoms with E-state index >= 15 is 0 Å². The maximum atomic E-state index is 12.5. The zero-order chi connectivity index (χ0) is 20.0. The topological polar surface area (TPSA) is 74.8 Å². The highest BCUT2D eigenvalue weighted by atomic mass is 16.2. The van der Waals surface area contributed by atoms with Crippen molar-refractivity contribution in [1.29, 1.82) is 0 Å². The molecule has 138 valence electrons. The number of aryl methyl sites for hydroxylation is 2. The highest BCUT2D eigenvalue weighted by Gasteiger charge is 2.36. The van der Waals surface area contributed by atoms with Crippen molar-refractivity contribution in [3.8, 4) is 11.1 Å². The highest BCUT2D eigenvalue weighted by molar-refractivity contribution is 6.34. The summed E-state index contributed by atoms with van der Waals surface area (Å²) >= 11 is 0. The molecule has 6 heteroatoms. The summed E-state index contributed by atoms with van der Waals surface area (Å²) in [6, 6.07) is 11.1. The zero-order valence-corrected chi connectivity index (χ0v) is 15.3. The van der Waals surface area contributed by atoms with Crippen LogP contribution >= 0.6 is 0 Å². The van der Waals surface area contributed by atoms with E-state index in [1.807, 2.05) is 31.2 Å². The number of hydrogen-bond acceptors (Lipinski definition) is 4. The van der Waals surface area contributed by atoms with Crippen LogP contribution in [0.4, 0.5) is 11.4 Å². The Balaban J connectivity index is 2.03. The van der Waals surface area contributed by atoms with Gasteiger partial charge >= 0.3 is 0 Å². The molecule has 2 aromatic rings. The van der Waals surface area contributed by atoms with E-state index in [0.717, 1.165) is 20.9 Å². The van der Waals surface area contributed by atoms with Crippen molar-refractivity contribution < 1.29 is 19.2 Å². The average molecular weight is 372 g/mol. The molecule has 0 N–H and O–H groups in total. The lowest BCUT2D eigenvalue weighted by molar-refractivity contribution is -0.122. The summed E-state index contributed by atoms with van der Waals surface area (Å²) in [5, 5.41) is 0. The first kappa shape index (κ1) is 17.6. The van der Waals surface area contributed by atoms with E-state index in [-0.39, 0.29) is 11.4 Å². The molecular weight excluding hydrogens is 356 g/mol. The van der Waals surface area contributed by atoms with Crippen LogP contribution in [0.1, 0.15) is 11.1 Å². The van der Waals surface area contributed by atoms with Gasteiger partial charge in [0.05, 0.1) is 11.4 Å². The van der Waals surface area contributed by atoms with Gasteiger partial charge in [-0.25, -0.2) is 9.80 Å². The van der Waals surface area contributed by atoms with Gasteiger partial charge in [-0.2, -0.15) is 0 Å². The van der Waals surface area contributed by atoms with E-state index in [1.165, 1.54) is 24.3 Å². The molecule has 28 heavy (non-hydrogen) atoms. The van der Waals surface area contributed by atoms with Crippen LogP contribution in [0.25, 0.3) is 11.1 Å². The first-order valence-electron chi connectivity index (χ1n) is 8.71. The average Bonchev–Trinajstić information content (AvgIpc) is 3.17. The van der Waals surface area contributed by atoms with Crippen LogP contribution in [0, 0.1) is 13.8 Å². The predicted molar refractivity (Wildman–Crippen MR) is 105 cm³/mol.